The fourth-order valence-electron chi connectivity index (χ4n) is 4.85. The molecule has 5 rings (SSSR count). The van der Waals surface area contributed by atoms with Crippen LogP contribution in [0.3, 0.4) is 0 Å². The summed E-state index contributed by atoms with van der Waals surface area (Å²) in [6.07, 6.45) is -1.43. The molecule has 0 saturated carbocycles. The summed E-state index contributed by atoms with van der Waals surface area (Å²) in [6.45, 7) is 1.94. The molecular weight excluding hydrogens is 586 g/mol. The van der Waals surface area contributed by atoms with E-state index in [1.165, 1.54) is 12.1 Å². The van der Waals surface area contributed by atoms with E-state index in [9.17, 15) is 26.7 Å². The average molecular weight is 617 g/mol. The van der Waals surface area contributed by atoms with Gasteiger partial charge in [-0.05, 0) is 65.8 Å². The van der Waals surface area contributed by atoms with E-state index in [-0.39, 0.29) is 31.2 Å². The fourth-order valence-corrected chi connectivity index (χ4v) is 5.04. The van der Waals surface area contributed by atoms with Gasteiger partial charge in [-0.2, -0.15) is 13.2 Å². The number of epoxide rings is 1. The number of carbonyl (C=O) groups excluding carboxylic acids is 1. The summed E-state index contributed by atoms with van der Waals surface area (Å²) in [5, 5.41) is 1.09. The van der Waals surface area contributed by atoms with Crippen molar-refractivity contribution in [2.75, 3.05) is 31.1 Å². The third-order valence-electron chi connectivity index (χ3n) is 7.23. The second-order valence-corrected chi connectivity index (χ2v) is 10.9. The molecule has 0 spiro atoms. The van der Waals surface area contributed by atoms with E-state index < -0.39 is 29.2 Å². The predicted molar refractivity (Wildman–Crippen MR) is 158 cm³/mol. The number of amides is 1. The van der Waals surface area contributed by atoms with E-state index in [2.05, 4.69) is 19.1 Å². The molecular formula is C31H30F5N4O2P. The van der Waals surface area contributed by atoms with Crippen molar-refractivity contribution in [2.45, 2.75) is 31.5 Å². The van der Waals surface area contributed by atoms with Gasteiger partial charge in [-0.3, -0.25) is 9.69 Å². The molecule has 3 atom stereocenters. The lowest BCUT2D eigenvalue weighted by Gasteiger charge is -2.31. The highest BCUT2D eigenvalue weighted by atomic mass is 31.0. The second kappa shape index (κ2) is 13.3. The SMILES string of the molecule is O=C(CCN(CCc1ccc(F)cc1)C1OC1N1C=CN(c2ccc(P)cc2)CC1)N=C(c1ccc(F)cc1)C(F)(F)F. The van der Waals surface area contributed by atoms with Gasteiger partial charge in [0.25, 0.3) is 0 Å². The number of carbonyl (C=O) groups is 1. The minimum Gasteiger partial charge on any atom is -0.346 e. The first-order valence-corrected chi connectivity index (χ1v) is 14.3. The van der Waals surface area contributed by atoms with E-state index in [4.69, 9.17) is 4.74 Å². The van der Waals surface area contributed by atoms with E-state index in [0.29, 0.717) is 19.5 Å². The van der Waals surface area contributed by atoms with Crippen LogP contribution in [-0.2, 0) is 16.0 Å². The van der Waals surface area contributed by atoms with Gasteiger partial charge < -0.3 is 14.5 Å². The molecule has 3 aromatic carbocycles. The molecule has 226 valence electrons. The Kier molecular flexibility index (Phi) is 9.54. The summed E-state index contributed by atoms with van der Waals surface area (Å²) in [4.78, 5) is 22.1. The normalized spacial score (nSPS) is 18.8. The van der Waals surface area contributed by atoms with Crippen molar-refractivity contribution < 1.29 is 31.5 Å². The van der Waals surface area contributed by atoms with Crippen molar-refractivity contribution in [1.82, 2.24) is 9.80 Å². The monoisotopic (exact) mass is 616 g/mol. The van der Waals surface area contributed by atoms with Crippen molar-refractivity contribution in [1.29, 1.82) is 0 Å². The molecule has 3 unspecified atom stereocenters. The summed E-state index contributed by atoms with van der Waals surface area (Å²) >= 11 is 0. The van der Waals surface area contributed by atoms with Crippen LogP contribution >= 0.6 is 9.24 Å². The maximum absolute atomic E-state index is 13.7. The van der Waals surface area contributed by atoms with Crippen molar-refractivity contribution in [3.05, 3.63) is 108 Å². The molecule has 6 nitrogen and oxygen atoms in total. The largest absolute Gasteiger partial charge is 0.434 e. The first-order chi connectivity index (χ1) is 20.6. The number of hydrogen-bond donors (Lipinski definition) is 0. The van der Waals surface area contributed by atoms with Gasteiger partial charge in [-0.1, -0.05) is 24.3 Å². The average Bonchev–Trinajstić information content (AvgIpc) is 3.78. The molecule has 2 aliphatic heterocycles. The van der Waals surface area contributed by atoms with Gasteiger partial charge in [0.1, 0.15) is 11.6 Å². The topological polar surface area (TPSA) is 51.7 Å². The van der Waals surface area contributed by atoms with Gasteiger partial charge in [0, 0.05) is 56.3 Å². The Morgan fingerprint density at radius 3 is 2.16 bits per heavy atom. The van der Waals surface area contributed by atoms with Crippen LogP contribution in [0, 0.1) is 11.6 Å². The van der Waals surface area contributed by atoms with E-state index >= 15 is 0 Å². The molecule has 0 aromatic heterocycles. The Morgan fingerprint density at radius 2 is 1.56 bits per heavy atom. The van der Waals surface area contributed by atoms with Crippen molar-refractivity contribution in [3.8, 4) is 0 Å². The summed E-state index contributed by atoms with van der Waals surface area (Å²) in [7, 11) is 2.66. The summed E-state index contributed by atoms with van der Waals surface area (Å²) in [5.74, 6) is -2.00. The maximum Gasteiger partial charge on any atom is 0.434 e. The van der Waals surface area contributed by atoms with Crippen LogP contribution in [0.1, 0.15) is 17.5 Å². The number of aliphatic imine (C=N–C) groups is 1. The third kappa shape index (κ3) is 8.25. The zero-order chi connectivity index (χ0) is 30.6. The number of ether oxygens (including phenoxy) is 1. The molecule has 12 heteroatoms. The lowest BCUT2D eigenvalue weighted by molar-refractivity contribution is -0.118. The van der Waals surface area contributed by atoms with Crippen molar-refractivity contribution in [2.24, 2.45) is 4.99 Å². The molecule has 1 fully saturated rings. The first kappa shape index (κ1) is 30.8. The fraction of sp³-hybridized carbons (Fsp3) is 0.290. The lowest BCUT2D eigenvalue weighted by Crippen LogP contribution is -2.40. The first-order valence-electron chi connectivity index (χ1n) is 13.7. The van der Waals surface area contributed by atoms with Gasteiger partial charge in [0.2, 0.25) is 5.91 Å². The molecule has 0 N–H and O–H groups in total. The smallest absolute Gasteiger partial charge is 0.346 e. The predicted octanol–water partition coefficient (Wildman–Crippen LogP) is 5.25. The van der Waals surface area contributed by atoms with Crippen LogP contribution in [0.2, 0.25) is 0 Å². The van der Waals surface area contributed by atoms with Crippen LogP contribution in [0.15, 0.2) is 90.2 Å². The zero-order valence-electron chi connectivity index (χ0n) is 23.1. The Balaban J connectivity index is 1.25. The minimum absolute atomic E-state index is 0.101. The van der Waals surface area contributed by atoms with Gasteiger partial charge in [0.05, 0.1) is 0 Å². The van der Waals surface area contributed by atoms with Crippen LogP contribution in [0.5, 0.6) is 0 Å². The molecule has 2 heterocycles. The highest BCUT2D eigenvalue weighted by Gasteiger charge is 2.47. The Hall–Kier alpha value is -3.66. The van der Waals surface area contributed by atoms with Crippen LogP contribution in [-0.4, -0.2) is 66.2 Å². The molecule has 0 aliphatic carbocycles. The highest BCUT2D eigenvalue weighted by molar-refractivity contribution is 7.27. The van der Waals surface area contributed by atoms with E-state index in [1.807, 2.05) is 46.5 Å². The standard InChI is InChI=1S/C31H30F5N4O2P/c32-23-5-1-21(2-6-23)13-15-39(16-14-27(41)37-28(31(34,35)36)22-3-7-24(33)8-4-22)29-30(42-29)40-19-17-38(18-20-40)25-9-11-26(43)12-10-25/h1-12,17,19,29-30H,13-16,18,20,43H2. The van der Waals surface area contributed by atoms with Crippen molar-refractivity contribution in [3.63, 3.8) is 0 Å². The zero-order valence-corrected chi connectivity index (χ0v) is 24.2. The third-order valence-corrected chi connectivity index (χ3v) is 7.62. The number of anilines is 1. The number of halogens is 5. The van der Waals surface area contributed by atoms with Crippen LogP contribution < -0.4 is 10.2 Å². The Morgan fingerprint density at radius 1 is 0.907 bits per heavy atom. The highest BCUT2D eigenvalue weighted by Crippen LogP contribution is 2.32. The number of rotatable bonds is 10. The van der Waals surface area contributed by atoms with Crippen LogP contribution in [0.4, 0.5) is 27.6 Å². The lowest BCUT2D eigenvalue weighted by atomic mass is 10.1. The van der Waals surface area contributed by atoms with Gasteiger partial charge >= 0.3 is 6.18 Å². The van der Waals surface area contributed by atoms with Gasteiger partial charge in [0.15, 0.2) is 18.2 Å². The molecule has 2 aliphatic rings. The second-order valence-electron chi connectivity index (χ2n) is 10.3. The van der Waals surface area contributed by atoms with Gasteiger partial charge in [-0.25, -0.2) is 13.8 Å². The molecule has 1 amide bonds. The van der Waals surface area contributed by atoms with Gasteiger partial charge in [-0.15, -0.1) is 9.24 Å². The minimum atomic E-state index is -4.90. The maximum atomic E-state index is 13.7. The molecule has 1 saturated heterocycles. The molecule has 3 aromatic rings. The quantitative estimate of drug-likeness (QED) is 0.135. The number of hydrogen-bond acceptors (Lipinski definition) is 5. The summed E-state index contributed by atoms with van der Waals surface area (Å²) < 4.78 is 73.7. The van der Waals surface area contributed by atoms with Crippen molar-refractivity contribution >= 4 is 31.9 Å². The number of nitrogens with zero attached hydrogens (tertiary/aromatic N) is 4. The van der Waals surface area contributed by atoms with E-state index in [0.717, 1.165) is 47.4 Å². The molecule has 0 bridgehead atoms. The summed E-state index contributed by atoms with van der Waals surface area (Å²) in [6, 6.07) is 17.8. The number of alkyl halides is 3. The molecule has 43 heavy (non-hydrogen) atoms. The molecule has 0 radical (unpaired) electrons. The Bertz CT molecular complexity index is 1460. The number of benzene rings is 3. The van der Waals surface area contributed by atoms with Crippen LogP contribution in [0.25, 0.3) is 0 Å². The Labute approximate surface area is 248 Å². The van der Waals surface area contributed by atoms with E-state index in [1.54, 1.807) is 12.1 Å². The summed E-state index contributed by atoms with van der Waals surface area (Å²) in [5.41, 5.74) is 0.172.